The number of rotatable bonds is 8. The Kier molecular flexibility index (Phi) is 9.09. The number of nitrogens with zero attached hydrogens (tertiary/aromatic N) is 1. The van der Waals surface area contributed by atoms with Crippen molar-refractivity contribution in [1.82, 2.24) is 16.0 Å². The molecule has 0 aliphatic heterocycles. The number of hydrogen-bond donors (Lipinski definition) is 3. The van der Waals surface area contributed by atoms with E-state index in [1.807, 2.05) is 39.0 Å². The SMILES string of the molecule is CCOc1cc(CNC(=NC)NC2CCCC(C(=O)NC(C)C)C2)ccc1OC. The second-order valence-electron chi connectivity index (χ2n) is 7.71. The molecule has 7 nitrogen and oxygen atoms in total. The minimum atomic E-state index is 0.0668. The van der Waals surface area contributed by atoms with Crippen molar-refractivity contribution < 1.29 is 14.3 Å². The highest BCUT2D eigenvalue weighted by Crippen LogP contribution is 2.28. The average molecular weight is 405 g/mol. The smallest absolute Gasteiger partial charge is 0.223 e. The fraction of sp³-hybridized carbons (Fsp3) is 0.636. The summed E-state index contributed by atoms with van der Waals surface area (Å²) in [6.45, 7) is 7.16. The molecule has 0 radical (unpaired) electrons. The molecule has 0 spiro atoms. The standard InChI is InChI=1S/C22H36N4O3/c1-6-29-20-12-16(10-11-19(20)28-5)14-24-22(23-4)26-18-9-7-8-17(13-18)21(27)25-15(2)3/h10-12,15,17-18H,6-9,13-14H2,1-5H3,(H,25,27)(H2,23,24,26). The van der Waals surface area contributed by atoms with Crippen LogP contribution in [0, 0.1) is 5.92 Å². The Morgan fingerprint density at radius 3 is 2.72 bits per heavy atom. The normalized spacial score (nSPS) is 19.6. The molecule has 7 heteroatoms. The third-order valence-electron chi connectivity index (χ3n) is 5.03. The summed E-state index contributed by atoms with van der Waals surface area (Å²) in [5, 5.41) is 9.87. The van der Waals surface area contributed by atoms with Gasteiger partial charge in [0, 0.05) is 31.6 Å². The van der Waals surface area contributed by atoms with Crippen molar-refractivity contribution in [2.24, 2.45) is 10.9 Å². The molecule has 1 aromatic carbocycles. The van der Waals surface area contributed by atoms with Crippen LogP contribution in [0.15, 0.2) is 23.2 Å². The third-order valence-corrected chi connectivity index (χ3v) is 5.03. The molecule has 3 N–H and O–H groups in total. The molecule has 1 aliphatic rings. The highest BCUT2D eigenvalue weighted by molar-refractivity contribution is 5.81. The van der Waals surface area contributed by atoms with Crippen molar-refractivity contribution in [3.05, 3.63) is 23.8 Å². The quantitative estimate of drug-likeness (QED) is 0.458. The first-order valence-electron chi connectivity index (χ1n) is 10.5. The summed E-state index contributed by atoms with van der Waals surface area (Å²) in [7, 11) is 3.40. The minimum Gasteiger partial charge on any atom is -0.493 e. The fourth-order valence-corrected chi connectivity index (χ4v) is 3.63. The molecule has 1 aromatic rings. The molecule has 1 aliphatic carbocycles. The lowest BCUT2D eigenvalue weighted by atomic mass is 9.85. The van der Waals surface area contributed by atoms with Gasteiger partial charge < -0.3 is 25.4 Å². The van der Waals surface area contributed by atoms with Crippen molar-refractivity contribution in [2.45, 2.75) is 65.1 Å². The van der Waals surface area contributed by atoms with Crippen molar-refractivity contribution in [3.63, 3.8) is 0 Å². The van der Waals surface area contributed by atoms with Crippen LogP contribution in [0.2, 0.25) is 0 Å². The second-order valence-corrected chi connectivity index (χ2v) is 7.71. The van der Waals surface area contributed by atoms with Crippen molar-refractivity contribution in [3.8, 4) is 11.5 Å². The van der Waals surface area contributed by atoms with Crippen LogP contribution in [0.1, 0.15) is 52.0 Å². The topological polar surface area (TPSA) is 84.0 Å². The molecule has 29 heavy (non-hydrogen) atoms. The Labute approximate surface area is 174 Å². The van der Waals surface area contributed by atoms with E-state index in [4.69, 9.17) is 9.47 Å². The molecule has 1 fully saturated rings. The minimum absolute atomic E-state index is 0.0668. The van der Waals surface area contributed by atoms with Gasteiger partial charge in [-0.3, -0.25) is 9.79 Å². The lowest BCUT2D eigenvalue weighted by Gasteiger charge is -2.30. The van der Waals surface area contributed by atoms with Gasteiger partial charge in [-0.1, -0.05) is 12.5 Å². The molecular formula is C22H36N4O3. The van der Waals surface area contributed by atoms with Gasteiger partial charge in [-0.25, -0.2) is 0 Å². The van der Waals surface area contributed by atoms with Gasteiger partial charge in [0.1, 0.15) is 0 Å². The van der Waals surface area contributed by atoms with Gasteiger partial charge in [0.15, 0.2) is 17.5 Å². The summed E-state index contributed by atoms with van der Waals surface area (Å²) in [6.07, 6.45) is 3.87. The summed E-state index contributed by atoms with van der Waals surface area (Å²) in [5.41, 5.74) is 1.08. The number of amides is 1. The van der Waals surface area contributed by atoms with Crippen LogP contribution in [0.3, 0.4) is 0 Å². The summed E-state index contributed by atoms with van der Waals surface area (Å²) < 4.78 is 11.0. The van der Waals surface area contributed by atoms with Gasteiger partial charge in [0.2, 0.25) is 5.91 Å². The highest BCUT2D eigenvalue weighted by atomic mass is 16.5. The summed E-state index contributed by atoms with van der Waals surface area (Å²) in [6, 6.07) is 6.32. The third kappa shape index (κ3) is 7.15. The molecule has 0 aromatic heterocycles. The van der Waals surface area contributed by atoms with E-state index in [2.05, 4.69) is 20.9 Å². The van der Waals surface area contributed by atoms with E-state index in [9.17, 15) is 4.79 Å². The molecule has 2 unspecified atom stereocenters. The molecular weight excluding hydrogens is 368 g/mol. The fourth-order valence-electron chi connectivity index (χ4n) is 3.63. The van der Waals surface area contributed by atoms with Gasteiger partial charge in [-0.2, -0.15) is 0 Å². The number of benzene rings is 1. The lowest BCUT2D eigenvalue weighted by Crippen LogP contribution is -2.47. The summed E-state index contributed by atoms with van der Waals surface area (Å²) in [4.78, 5) is 16.7. The van der Waals surface area contributed by atoms with Crippen LogP contribution < -0.4 is 25.4 Å². The van der Waals surface area contributed by atoms with Gasteiger partial charge >= 0.3 is 0 Å². The number of carbonyl (C=O) groups is 1. The highest BCUT2D eigenvalue weighted by Gasteiger charge is 2.28. The largest absolute Gasteiger partial charge is 0.493 e. The van der Waals surface area contributed by atoms with E-state index in [0.29, 0.717) is 13.2 Å². The van der Waals surface area contributed by atoms with E-state index in [1.54, 1.807) is 14.2 Å². The van der Waals surface area contributed by atoms with Crippen LogP contribution in [0.25, 0.3) is 0 Å². The molecule has 0 bridgehead atoms. The molecule has 162 valence electrons. The van der Waals surface area contributed by atoms with E-state index < -0.39 is 0 Å². The summed E-state index contributed by atoms with van der Waals surface area (Å²) >= 11 is 0. The Morgan fingerprint density at radius 1 is 1.28 bits per heavy atom. The maximum atomic E-state index is 12.4. The molecule has 2 atom stereocenters. The van der Waals surface area contributed by atoms with Crippen LogP contribution in [0.4, 0.5) is 0 Å². The van der Waals surface area contributed by atoms with Crippen LogP contribution in [0.5, 0.6) is 11.5 Å². The second kappa shape index (κ2) is 11.5. The van der Waals surface area contributed by atoms with E-state index in [1.165, 1.54) is 0 Å². The van der Waals surface area contributed by atoms with E-state index >= 15 is 0 Å². The van der Waals surface area contributed by atoms with Crippen molar-refractivity contribution >= 4 is 11.9 Å². The maximum absolute atomic E-state index is 12.4. The first-order valence-corrected chi connectivity index (χ1v) is 10.5. The van der Waals surface area contributed by atoms with Gasteiger partial charge in [0.25, 0.3) is 0 Å². The maximum Gasteiger partial charge on any atom is 0.223 e. The van der Waals surface area contributed by atoms with E-state index in [0.717, 1.165) is 48.7 Å². The Balaban J connectivity index is 1.90. The Hall–Kier alpha value is -2.44. The molecule has 1 saturated carbocycles. The zero-order chi connectivity index (χ0) is 21.2. The zero-order valence-electron chi connectivity index (χ0n) is 18.4. The van der Waals surface area contributed by atoms with E-state index in [-0.39, 0.29) is 23.9 Å². The predicted molar refractivity (Wildman–Crippen MR) is 117 cm³/mol. The number of hydrogen-bond acceptors (Lipinski definition) is 4. The number of nitrogens with one attached hydrogen (secondary N) is 3. The number of ether oxygens (including phenoxy) is 2. The first-order chi connectivity index (χ1) is 14.0. The number of methoxy groups -OCH3 is 1. The van der Waals surface area contributed by atoms with Gasteiger partial charge in [-0.05, 0) is 57.7 Å². The first kappa shape index (κ1) is 22.8. The lowest BCUT2D eigenvalue weighted by molar-refractivity contribution is -0.126. The Morgan fingerprint density at radius 2 is 2.07 bits per heavy atom. The zero-order valence-corrected chi connectivity index (χ0v) is 18.4. The van der Waals surface area contributed by atoms with Crippen LogP contribution in [-0.4, -0.2) is 44.7 Å². The number of carbonyl (C=O) groups excluding carboxylic acids is 1. The average Bonchev–Trinajstić information content (AvgIpc) is 2.71. The predicted octanol–water partition coefficient (Wildman–Crippen LogP) is 2.84. The number of guanidine groups is 1. The van der Waals surface area contributed by atoms with Crippen molar-refractivity contribution in [1.29, 1.82) is 0 Å². The monoisotopic (exact) mass is 404 g/mol. The Bertz CT molecular complexity index is 691. The number of aliphatic imine (C=N–C) groups is 1. The van der Waals surface area contributed by atoms with Gasteiger partial charge in [0.05, 0.1) is 13.7 Å². The van der Waals surface area contributed by atoms with Crippen LogP contribution in [-0.2, 0) is 11.3 Å². The summed E-state index contributed by atoms with van der Waals surface area (Å²) in [5.74, 6) is 2.44. The molecule has 0 saturated heterocycles. The van der Waals surface area contributed by atoms with Gasteiger partial charge in [-0.15, -0.1) is 0 Å². The van der Waals surface area contributed by atoms with Crippen molar-refractivity contribution in [2.75, 3.05) is 20.8 Å². The molecule has 0 heterocycles. The van der Waals surface area contributed by atoms with Crippen LogP contribution >= 0.6 is 0 Å². The molecule has 2 rings (SSSR count). The molecule has 1 amide bonds.